The van der Waals surface area contributed by atoms with Gasteiger partial charge in [-0.05, 0) is 42.3 Å². The summed E-state index contributed by atoms with van der Waals surface area (Å²) in [6, 6.07) is 22.6. The van der Waals surface area contributed by atoms with Crippen molar-refractivity contribution in [2.45, 2.75) is 6.42 Å². The van der Waals surface area contributed by atoms with Crippen molar-refractivity contribution in [3.8, 4) is 17.4 Å². The number of amides is 1. The molecule has 1 aromatic heterocycles. The highest BCUT2D eigenvalue weighted by Crippen LogP contribution is 2.22. The molecular weight excluding hydrogens is 328 g/mol. The minimum atomic E-state index is -0.144. The molecule has 0 radical (unpaired) electrons. The summed E-state index contributed by atoms with van der Waals surface area (Å²) in [7, 11) is 0. The number of hydrogen-bond acceptors (Lipinski definition) is 4. The van der Waals surface area contributed by atoms with E-state index >= 15 is 0 Å². The monoisotopic (exact) mass is 348 g/mol. The van der Waals surface area contributed by atoms with Gasteiger partial charge in [-0.1, -0.05) is 36.4 Å². The Bertz CT molecular complexity index is 806. The van der Waals surface area contributed by atoms with Gasteiger partial charge in [-0.2, -0.15) is 0 Å². The standard InChI is InChI=1S/C21H20N2O3/c24-20(22-15-13-17-6-2-1-3-7-17)16-25-18-9-11-19(12-10-18)26-21-8-4-5-14-23-21/h1-12,14H,13,15-16H2,(H,22,24). The number of hydrogen-bond donors (Lipinski definition) is 1. The molecule has 0 aliphatic rings. The van der Waals surface area contributed by atoms with Crippen molar-refractivity contribution in [3.05, 3.63) is 84.6 Å². The summed E-state index contributed by atoms with van der Waals surface area (Å²) in [5, 5.41) is 2.85. The van der Waals surface area contributed by atoms with Crippen LogP contribution in [-0.2, 0) is 11.2 Å². The van der Waals surface area contributed by atoms with Crippen LogP contribution in [0.4, 0.5) is 0 Å². The fourth-order valence-electron chi connectivity index (χ4n) is 2.32. The van der Waals surface area contributed by atoms with Crippen LogP contribution in [0.25, 0.3) is 0 Å². The Morgan fingerprint density at radius 1 is 0.885 bits per heavy atom. The van der Waals surface area contributed by atoms with Gasteiger partial charge in [-0.25, -0.2) is 4.98 Å². The van der Waals surface area contributed by atoms with Crippen molar-refractivity contribution in [1.82, 2.24) is 10.3 Å². The number of carbonyl (C=O) groups excluding carboxylic acids is 1. The van der Waals surface area contributed by atoms with Crippen LogP contribution in [0.15, 0.2) is 79.0 Å². The van der Waals surface area contributed by atoms with Crippen molar-refractivity contribution in [1.29, 1.82) is 0 Å². The van der Waals surface area contributed by atoms with Crippen LogP contribution >= 0.6 is 0 Å². The minimum Gasteiger partial charge on any atom is -0.484 e. The number of nitrogens with one attached hydrogen (secondary N) is 1. The van der Waals surface area contributed by atoms with Crippen molar-refractivity contribution in [2.24, 2.45) is 0 Å². The first kappa shape index (κ1) is 17.5. The Morgan fingerprint density at radius 3 is 2.35 bits per heavy atom. The predicted molar refractivity (Wildman–Crippen MR) is 99.4 cm³/mol. The van der Waals surface area contributed by atoms with Crippen molar-refractivity contribution < 1.29 is 14.3 Å². The van der Waals surface area contributed by atoms with Gasteiger partial charge in [0, 0.05) is 18.8 Å². The molecule has 0 atom stereocenters. The molecule has 1 amide bonds. The Balaban J connectivity index is 1.39. The first-order valence-corrected chi connectivity index (χ1v) is 8.42. The summed E-state index contributed by atoms with van der Waals surface area (Å²) in [5.41, 5.74) is 1.19. The molecule has 0 spiro atoms. The van der Waals surface area contributed by atoms with Crippen LogP contribution in [0.2, 0.25) is 0 Å². The van der Waals surface area contributed by atoms with Crippen LogP contribution < -0.4 is 14.8 Å². The summed E-state index contributed by atoms with van der Waals surface area (Å²) < 4.78 is 11.1. The summed E-state index contributed by atoms with van der Waals surface area (Å²) >= 11 is 0. The molecule has 0 unspecified atom stereocenters. The van der Waals surface area contributed by atoms with Crippen molar-refractivity contribution >= 4 is 5.91 Å². The van der Waals surface area contributed by atoms with Gasteiger partial charge < -0.3 is 14.8 Å². The zero-order valence-electron chi connectivity index (χ0n) is 14.3. The van der Waals surface area contributed by atoms with E-state index < -0.39 is 0 Å². The fraction of sp³-hybridized carbons (Fsp3) is 0.143. The third-order valence-electron chi connectivity index (χ3n) is 3.63. The van der Waals surface area contributed by atoms with Crippen LogP contribution in [0, 0.1) is 0 Å². The van der Waals surface area contributed by atoms with Crippen LogP contribution in [-0.4, -0.2) is 24.0 Å². The average Bonchev–Trinajstić information content (AvgIpc) is 2.69. The SMILES string of the molecule is O=C(COc1ccc(Oc2ccccn2)cc1)NCCc1ccccc1. The van der Waals surface area contributed by atoms with Crippen LogP contribution in [0.5, 0.6) is 17.4 Å². The average molecular weight is 348 g/mol. The van der Waals surface area contributed by atoms with E-state index in [0.29, 0.717) is 23.9 Å². The van der Waals surface area contributed by atoms with E-state index in [1.54, 1.807) is 36.5 Å². The van der Waals surface area contributed by atoms with E-state index in [1.165, 1.54) is 5.56 Å². The summed E-state index contributed by atoms with van der Waals surface area (Å²) in [5.74, 6) is 1.65. The maximum absolute atomic E-state index is 11.8. The van der Waals surface area contributed by atoms with Gasteiger partial charge in [0.05, 0.1) is 0 Å². The molecule has 1 heterocycles. The largest absolute Gasteiger partial charge is 0.484 e. The van der Waals surface area contributed by atoms with Gasteiger partial charge in [-0.3, -0.25) is 4.79 Å². The molecule has 0 saturated heterocycles. The van der Waals surface area contributed by atoms with Crippen LogP contribution in [0.3, 0.4) is 0 Å². The van der Waals surface area contributed by atoms with Gasteiger partial charge in [0.2, 0.25) is 5.88 Å². The third-order valence-corrected chi connectivity index (χ3v) is 3.63. The lowest BCUT2D eigenvalue weighted by molar-refractivity contribution is -0.123. The maximum atomic E-state index is 11.8. The van der Waals surface area contributed by atoms with E-state index in [-0.39, 0.29) is 12.5 Å². The number of rotatable bonds is 8. The molecule has 0 aliphatic carbocycles. The lowest BCUT2D eigenvalue weighted by Crippen LogP contribution is -2.30. The van der Waals surface area contributed by atoms with Gasteiger partial charge in [0.25, 0.3) is 5.91 Å². The molecule has 3 aromatic rings. The minimum absolute atomic E-state index is 0.0186. The fourth-order valence-corrected chi connectivity index (χ4v) is 2.32. The van der Waals surface area contributed by atoms with E-state index in [0.717, 1.165) is 6.42 Å². The lowest BCUT2D eigenvalue weighted by Gasteiger charge is -2.09. The number of benzene rings is 2. The summed E-state index contributed by atoms with van der Waals surface area (Å²) in [6.45, 7) is 0.568. The third kappa shape index (κ3) is 5.63. The molecule has 2 aromatic carbocycles. The Labute approximate surface area is 152 Å². The number of carbonyl (C=O) groups is 1. The van der Waals surface area contributed by atoms with Crippen molar-refractivity contribution in [2.75, 3.05) is 13.2 Å². The second kappa shape index (κ2) is 9.22. The Hall–Kier alpha value is -3.34. The second-order valence-electron chi connectivity index (χ2n) is 5.62. The van der Waals surface area contributed by atoms with E-state index in [4.69, 9.17) is 9.47 Å². The van der Waals surface area contributed by atoms with Crippen molar-refractivity contribution in [3.63, 3.8) is 0 Å². The number of ether oxygens (including phenoxy) is 2. The van der Waals surface area contributed by atoms with E-state index in [1.807, 2.05) is 42.5 Å². The maximum Gasteiger partial charge on any atom is 0.257 e. The molecule has 132 valence electrons. The second-order valence-corrected chi connectivity index (χ2v) is 5.62. The molecule has 1 N–H and O–H groups in total. The Morgan fingerprint density at radius 2 is 1.62 bits per heavy atom. The molecule has 5 heteroatoms. The number of aromatic nitrogens is 1. The molecule has 0 saturated carbocycles. The van der Waals surface area contributed by atoms with E-state index in [9.17, 15) is 4.79 Å². The number of nitrogens with zero attached hydrogens (tertiary/aromatic N) is 1. The zero-order chi connectivity index (χ0) is 18.0. The van der Waals surface area contributed by atoms with Gasteiger partial charge in [0.1, 0.15) is 11.5 Å². The first-order valence-electron chi connectivity index (χ1n) is 8.42. The lowest BCUT2D eigenvalue weighted by atomic mass is 10.1. The molecular formula is C21H20N2O3. The highest BCUT2D eigenvalue weighted by Gasteiger charge is 2.04. The quantitative estimate of drug-likeness (QED) is 0.675. The highest BCUT2D eigenvalue weighted by atomic mass is 16.5. The first-order chi connectivity index (χ1) is 12.8. The molecule has 0 aliphatic heterocycles. The molecule has 0 bridgehead atoms. The predicted octanol–water partition coefficient (Wildman–Crippen LogP) is 3.61. The van der Waals surface area contributed by atoms with Gasteiger partial charge >= 0.3 is 0 Å². The van der Waals surface area contributed by atoms with Crippen LogP contribution in [0.1, 0.15) is 5.56 Å². The highest BCUT2D eigenvalue weighted by molar-refractivity contribution is 5.77. The normalized spacial score (nSPS) is 10.2. The molecule has 0 fully saturated rings. The summed E-state index contributed by atoms with van der Waals surface area (Å²) in [4.78, 5) is 15.9. The summed E-state index contributed by atoms with van der Waals surface area (Å²) in [6.07, 6.45) is 2.47. The molecule has 5 nitrogen and oxygen atoms in total. The molecule has 3 rings (SSSR count). The van der Waals surface area contributed by atoms with E-state index in [2.05, 4.69) is 10.3 Å². The Kier molecular flexibility index (Phi) is 6.20. The smallest absolute Gasteiger partial charge is 0.257 e. The topological polar surface area (TPSA) is 60.5 Å². The zero-order valence-corrected chi connectivity index (χ0v) is 14.3. The van der Waals surface area contributed by atoms with Gasteiger partial charge in [0.15, 0.2) is 6.61 Å². The van der Waals surface area contributed by atoms with Gasteiger partial charge in [-0.15, -0.1) is 0 Å². The number of pyridine rings is 1. The molecule has 26 heavy (non-hydrogen) atoms.